The number of anilines is 1. The monoisotopic (exact) mass is 567 g/mol. The molecule has 3 aromatic carbocycles. The molecule has 0 bridgehead atoms. The first-order valence-corrected chi connectivity index (χ1v) is 16.5. The lowest BCUT2D eigenvalue weighted by Crippen LogP contribution is -2.66. The van der Waals surface area contributed by atoms with Crippen LogP contribution < -0.4 is 26.5 Å². The highest BCUT2D eigenvalue weighted by Gasteiger charge is 2.50. The number of aromatic nitrogens is 2. The second-order valence-electron chi connectivity index (χ2n) is 12.2. The van der Waals surface area contributed by atoms with Gasteiger partial charge in [-0.2, -0.15) is 0 Å². The van der Waals surface area contributed by atoms with E-state index in [2.05, 4.69) is 103 Å². The van der Waals surface area contributed by atoms with E-state index in [1.807, 2.05) is 13.0 Å². The predicted octanol–water partition coefficient (Wildman–Crippen LogP) is 5.02. The van der Waals surface area contributed by atoms with Crippen molar-refractivity contribution in [3.63, 3.8) is 0 Å². The summed E-state index contributed by atoms with van der Waals surface area (Å²) in [6.45, 7) is 11.8. The van der Waals surface area contributed by atoms with Crippen LogP contribution in [0, 0.1) is 12.8 Å². The lowest BCUT2D eigenvalue weighted by Gasteiger charge is -2.43. The van der Waals surface area contributed by atoms with Gasteiger partial charge >= 0.3 is 5.69 Å². The second-order valence-corrected chi connectivity index (χ2v) is 16.5. The van der Waals surface area contributed by atoms with Gasteiger partial charge in [-0.15, -0.1) is 0 Å². The number of piperidine rings is 1. The molecule has 214 valence electrons. The molecule has 41 heavy (non-hydrogen) atoms. The molecule has 1 fully saturated rings. The number of aryl methyl sites for hydroxylation is 1. The van der Waals surface area contributed by atoms with Crippen LogP contribution in [0.4, 0.5) is 5.69 Å². The summed E-state index contributed by atoms with van der Waals surface area (Å²) in [7, 11) is -2.50. The smallest absolute Gasteiger partial charge is 0.332 e. The number of hydrogen-bond acceptors (Lipinski definition) is 4. The van der Waals surface area contributed by atoms with Gasteiger partial charge in [0.25, 0.3) is 13.9 Å². The van der Waals surface area contributed by atoms with Crippen molar-refractivity contribution in [2.45, 2.75) is 52.0 Å². The summed E-state index contributed by atoms with van der Waals surface area (Å²) in [5, 5.41) is 2.65. The van der Waals surface area contributed by atoms with Crippen LogP contribution in [0.5, 0.6) is 0 Å². The number of hydrogen-bond donors (Lipinski definition) is 1. The molecule has 1 aromatic heterocycles. The van der Waals surface area contributed by atoms with Crippen molar-refractivity contribution in [1.29, 1.82) is 0 Å². The van der Waals surface area contributed by atoms with Crippen LogP contribution in [0.15, 0.2) is 101 Å². The van der Waals surface area contributed by atoms with Gasteiger partial charge < -0.3 is 9.33 Å². The molecule has 7 heteroatoms. The highest BCUT2D eigenvalue weighted by Crippen LogP contribution is 2.37. The first kappa shape index (κ1) is 28.8. The molecule has 0 saturated carbocycles. The van der Waals surface area contributed by atoms with E-state index in [-0.39, 0.29) is 10.6 Å². The standard InChI is InChI=1S/C34H41N3O3Si/c1-26-25-28(15-16-31(26)37-23-19-32(38)35-33(37)39)36-21-17-27(18-22-36)20-24-40-41(34(2,3)4,29-11-7-5-8-12-29)30-13-9-6-10-14-30/h5-16,19,23,25,27H,17-18,20-22,24H2,1-4H3,(H,35,38,39). The predicted molar refractivity (Wildman–Crippen MR) is 171 cm³/mol. The molecule has 0 aliphatic carbocycles. The van der Waals surface area contributed by atoms with Gasteiger partial charge in [0.05, 0.1) is 5.69 Å². The van der Waals surface area contributed by atoms with Crippen LogP contribution >= 0.6 is 0 Å². The van der Waals surface area contributed by atoms with E-state index in [1.165, 1.54) is 32.9 Å². The van der Waals surface area contributed by atoms with Crippen LogP contribution in [0.3, 0.4) is 0 Å². The Morgan fingerprint density at radius 1 is 0.878 bits per heavy atom. The average Bonchev–Trinajstić information content (AvgIpc) is 2.96. The third kappa shape index (κ3) is 6.02. The Morgan fingerprint density at radius 2 is 1.49 bits per heavy atom. The Hall–Kier alpha value is -3.68. The van der Waals surface area contributed by atoms with Crippen molar-refractivity contribution in [2.24, 2.45) is 5.92 Å². The largest absolute Gasteiger partial charge is 0.407 e. The zero-order chi connectivity index (χ0) is 29.0. The topological polar surface area (TPSA) is 67.3 Å². The summed E-state index contributed by atoms with van der Waals surface area (Å²) in [5.74, 6) is 0.629. The lowest BCUT2D eigenvalue weighted by molar-refractivity contribution is 0.246. The van der Waals surface area contributed by atoms with E-state index in [0.717, 1.165) is 50.2 Å². The number of H-pyrrole nitrogens is 1. The van der Waals surface area contributed by atoms with Gasteiger partial charge in [-0.05, 0) is 71.3 Å². The zero-order valence-corrected chi connectivity index (χ0v) is 25.6. The fourth-order valence-corrected chi connectivity index (χ4v) is 10.9. The minimum Gasteiger partial charge on any atom is -0.407 e. The van der Waals surface area contributed by atoms with Crippen molar-refractivity contribution in [1.82, 2.24) is 9.55 Å². The molecule has 4 aromatic rings. The second kappa shape index (κ2) is 12.0. The van der Waals surface area contributed by atoms with Gasteiger partial charge in [-0.3, -0.25) is 14.3 Å². The molecular formula is C34H41N3O3Si. The SMILES string of the molecule is Cc1cc(N2CCC(CCO[Si](c3ccccc3)(c3ccccc3)C(C)(C)C)CC2)ccc1-n1ccc(=O)[nH]c1=O. The van der Waals surface area contributed by atoms with E-state index in [1.54, 1.807) is 0 Å². The van der Waals surface area contributed by atoms with Crippen LogP contribution in [-0.2, 0) is 4.43 Å². The zero-order valence-electron chi connectivity index (χ0n) is 24.6. The van der Waals surface area contributed by atoms with Gasteiger partial charge in [-0.25, -0.2) is 4.79 Å². The number of nitrogens with zero attached hydrogens (tertiary/aromatic N) is 2. The maximum absolute atomic E-state index is 12.3. The molecule has 1 saturated heterocycles. The van der Waals surface area contributed by atoms with E-state index in [9.17, 15) is 9.59 Å². The van der Waals surface area contributed by atoms with Gasteiger partial charge in [0.2, 0.25) is 0 Å². The Bertz CT molecular complexity index is 1530. The Labute approximate surface area is 243 Å². The quantitative estimate of drug-likeness (QED) is 0.304. The lowest BCUT2D eigenvalue weighted by atomic mass is 9.93. The molecule has 2 heterocycles. The normalized spacial score (nSPS) is 14.8. The fourth-order valence-electron chi connectivity index (χ4n) is 6.33. The highest BCUT2D eigenvalue weighted by atomic mass is 28.4. The van der Waals surface area contributed by atoms with Crippen molar-refractivity contribution in [3.8, 4) is 5.69 Å². The summed E-state index contributed by atoms with van der Waals surface area (Å²) in [5.41, 5.74) is 2.14. The van der Waals surface area contributed by atoms with Gasteiger partial charge in [-0.1, -0.05) is 81.4 Å². The summed E-state index contributed by atoms with van der Waals surface area (Å²) in [6, 6.07) is 29.3. The number of rotatable bonds is 8. The van der Waals surface area contributed by atoms with E-state index < -0.39 is 14.0 Å². The average molecular weight is 568 g/mol. The summed E-state index contributed by atoms with van der Waals surface area (Å²) >= 11 is 0. The number of benzene rings is 3. The first-order chi connectivity index (χ1) is 19.7. The van der Waals surface area contributed by atoms with Crippen molar-refractivity contribution < 1.29 is 4.43 Å². The molecule has 1 aliphatic rings. The number of aromatic amines is 1. The summed E-state index contributed by atoms with van der Waals surface area (Å²) in [4.78, 5) is 28.5. The van der Waals surface area contributed by atoms with Crippen molar-refractivity contribution in [3.05, 3.63) is 118 Å². The van der Waals surface area contributed by atoms with Crippen molar-refractivity contribution in [2.75, 3.05) is 24.6 Å². The van der Waals surface area contributed by atoms with Crippen LogP contribution in [0.2, 0.25) is 5.04 Å². The van der Waals surface area contributed by atoms with Crippen LogP contribution in [0.1, 0.15) is 45.6 Å². The molecular weight excluding hydrogens is 526 g/mol. The van der Waals surface area contributed by atoms with E-state index >= 15 is 0 Å². The first-order valence-electron chi connectivity index (χ1n) is 14.6. The van der Waals surface area contributed by atoms with Gasteiger partial charge in [0.1, 0.15) is 0 Å². The Balaban J connectivity index is 1.25. The van der Waals surface area contributed by atoms with Crippen LogP contribution in [-0.4, -0.2) is 37.6 Å². The molecule has 1 N–H and O–H groups in total. The van der Waals surface area contributed by atoms with E-state index in [4.69, 9.17) is 4.43 Å². The molecule has 0 amide bonds. The Kier molecular flexibility index (Phi) is 8.47. The summed E-state index contributed by atoms with van der Waals surface area (Å²) < 4.78 is 8.63. The number of nitrogens with one attached hydrogen (secondary N) is 1. The highest BCUT2D eigenvalue weighted by molar-refractivity contribution is 6.99. The molecule has 0 radical (unpaired) electrons. The molecule has 6 nitrogen and oxygen atoms in total. The molecule has 0 spiro atoms. The maximum atomic E-state index is 12.3. The minimum absolute atomic E-state index is 0.0106. The molecule has 5 rings (SSSR count). The van der Waals surface area contributed by atoms with Crippen molar-refractivity contribution >= 4 is 24.4 Å². The minimum atomic E-state index is -2.50. The van der Waals surface area contributed by atoms with E-state index in [0.29, 0.717) is 5.92 Å². The molecule has 0 unspecified atom stereocenters. The Morgan fingerprint density at radius 3 is 2.02 bits per heavy atom. The van der Waals surface area contributed by atoms with Gasteiger partial charge in [0.15, 0.2) is 0 Å². The third-order valence-corrected chi connectivity index (χ3v) is 13.5. The fraction of sp³-hybridized carbons (Fsp3) is 0.353. The molecule has 0 atom stereocenters. The van der Waals surface area contributed by atoms with Crippen LogP contribution in [0.25, 0.3) is 5.69 Å². The molecule has 1 aliphatic heterocycles. The third-order valence-electron chi connectivity index (χ3n) is 8.50. The summed E-state index contributed by atoms with van der Waals surface area (Å²) in [6.07, 6.45) is 4.85. The van der Waals surface area contributed by atoms with Gasteiger partial charge in [0, 0.05) is 37.6 Å². The maximum Gasteiger partial charge on any atom is 0.332 e.